The van der Waals surface area contributed by atoms with Crippen LogP contribution in [0.5, 0.6) is 0 Å². The number of amides is 1. The van der Waals surface area contributed by atoms with Gasteiger partial charge in [-0.2, -0.15) is 0 Å². The molecule has 1 aliphatic heterocycles. The summed E-state index contributed by atoms with van der Waals surface area (Å²) in [4.78, 5) is 48.3. The monoisotopic (exact) mass is 566 g/mol. The number of morpholine rings is 1. The van der Waals surface area contributed by atoms with Gasteiger partial charge in [0, 0.05) is 61.6 Å². The lowest BCUT2D eigenvalue weighted by Crippen LogP contribution is -2.44. The lowest BCUT2D eigenvalue weighted by Gasteiger charge is -2.35. The first kappa shape index (κ1) is 27.9. The maximum Gasteiger partial charge on any atom is 0.326 e. The minimum absolute atomic E-state index is 0.116. The standard InChI is InChI=1S/C28H28F2N6O5/c1-15-13-34(3)27(38)24(32-15)19-5-4-17(36-7-6-31-25(19)36)12-22(28(39)40)33-26(37)23-20(29)10-18(11-21(23)30)35-8-9-41-14-16(35)2/h4-7,10-11,13,16,22H,8-9,12,14H2,1-3H3,(H,33,37)(H,39,40)/t16-,22+/m1/s1. The number of carbonyl (C=O) groups is 2. The fourth-order valence-corrected chi connectivity index (χ4v) is 5.05. The Bertz CT molecular complexity index is 1700. The Kier molecular flexibility index (Phi) is 7.54. The summed E-state index contributed by atoms with van der Waals surface area (Å²) < 4.78 is 38.4. The predicted molar refractivity (Wildman–Crippen MR) is 145 cm³/mol. The molecule has 0 unspecified atom stereocenters. The third-order valence-electron chi connectivity index (χ3n) is 7.05. The molecule has 2 atom stereocenters. The zero-order valence-electron chi connectivity index (χ0n) is 22.6. The van der Waals surface area contributed by atoms with E-state index in [-0.39, 0.29) is 29.4 Å². The molecule has 4 aromatic rings. The highest BCUT2D eigenvalue weighted by molar-refractivity contribution is 5.97. The van der Waals surface area contributed by atoms with Crippen LogP contribution in [-0.2, 0) is 23.0 Å². The van der Waals surface area contributed by atoms with Gasteiger partial charge < -0.3 is 29.0 Å². The maximum atomic E-state index is 15.0. The van der Waals surface area contributed by atoms with Crippen molar-refractivity contribution in [3.05, 3.63) is 81.8 Å². The number of anilines is 1. The van der Waals surface area contributed by atoms with Crippen molar-refractivity contribution in [1.82, 2.24) is 24.3 Å². The van der Waals surface area contributed by atoms with Crippen LogP contribution in [0.1, 0.15) is 28.7 Å². The Morgan fingerprint density at radius 3 is 2.66 bits per heavy atom. The first-order valence-corrected chi connectivity index (χ1v) is 12.9. The fourth-order valence-electron chi connectivity index (χ4n) is 5.05. The van der Waals surface area contributed by atoms with Crippen LogP contribution in [0.4, 0.5) is 14.5 Å². The van der Waals surface area contributed by atoms with E-state index in [1.165, 1.54) is 10.8 Å². The second kappa shape index (κ2) is 11.1. The molecule has 11 nitrogen and oxygen atoms in total. The van der Waals surface area contributed by atoms with E-state index >= 15 is 8.78 Å². The van der Waals surface area contributed by atoms with Crippen molar-refractivity contribution in [2.45, 2.75) is 32.4 Å². The van der Waals surface area contributed by atoms with Gasteiger partial charge in [-0.3, -0.25) is 9.59 Å². The lowest BCUT2D eigenvalue weighted by molar-refractivity contribution is -0.139. The molecule has 0 saturated carbocycles. The SMILES string of the molecule is Cc1cn(C)c(=O)c(-c2ccc(C[C@H](NC(=O)c3c(F)cc(N4CCOC[C@H]4C)cc3F)C(=O)O)n3ccnc23)n1. The summed E-state index contributed by atoms with van der Waals surface area (Å²) in [5.74, 6) is -4.80. The molecule has 0 bridgehead atoms. The van der Waals surface area contributed by atoms with Crippen molar-refractivity contribution in [3.8, 4) is 11.3 Å². The number of hydrogen-bond donors (Lipinski definition) is 2. The number of carboxylic acid groups (broad SMARTS) is 1. The van der Waals surface area contributed by atoms with E-state index in [0.29, 0.717) is 42.4 Å². The largest absolute Gasteiger partial charge is 0.480 e. The van der Waals surface area contributed by atoms with Gasteiger partial charge in [-0.05, 0) is 38.1 Å². The first-order valence-electron chi connectivity index (χ1n) is 12.9. The third kappa shape index (κ3) is 5.40. The number of halogens is 2. The summed E-state index contributed by atoms with van der Waals surface area (Å²) in [7, 11) is 1.61. The van der Waals surface area contributed by atoms with Crippen LogP contribution in [0.25, 0.3) is 16.9 Å². The van der Waals surface area contributed by atoms with Gasteiger partial charge in [0.05, 0.1) is 18.9 Å². The van der Waals surface area contributed by atoms with E-state index in [4.69, 9.17) is 4.74 Å². The maximum absolute atomic E-state index is 15.0. The molecule has 13 heteroatoms. The van der Waals surface area contributed by atoms with Crippen molar-refractivity contribution < 1.29 is 28.2 Å². The molecule has 41 heavy (non-hydrogen) atoms. The fraction of sp³-hybridized carbons (Fsp3) is 0.321. The summed E-state index contributed by atoms with van der Waals surface area (Å²) >= 11 is 0. The van der Waals surface area contributed by atoms with Crippen LogP contribution in [0.15, 0.2) is 47.7 Å². The molecular weight excluding hydrogens is 538 g/mol. The number of hydrogen-bond acceptors (Lipinski definition) is 7. The van der Waals surface area contributed by atoms with Crippen molar-refractivity contribution in [1.29, 1.82) is 0 Å². The van der Waals surface area contributed by atoms with E-state index in [0.717, 1.165) is 12.1 Å². The van der Waals surface area contributed by atoms with Gasteiger partial charge in [-0.1, -0.05) is 0 Å². The molecule has 0 aliphatic carbocycles. The number of aliphatic carboxylic acids is 1. The van der Waals surface area contributed by atoms with E-state index in [2.05, 4.69) is 15.3 Å². The first-order chi connectivity index (χ1) is 19.5. The number of ether oxygens (including phenoxy) is 1. The van der Waals surface area contributed by atoms with Crippen LogP contribution in [0.2, 0.25) is 0 Å². The molecule has 1 aliphatic rings. The molecular formula is C28H28F2N6O5. The second-order valence-electron chi connectivity index (χ2n) is 9.98. The van der Waals surface area contributed by atoms with Crippen molar-refractivity contribution in [2.75, 3.05) is 24.7 Å². The lowest BCUT2D eigenvalue weighted by atomic mass is 10.1. The zero-order chi connectivity index (χ0) is 29.4. The highest BCUT2D eigenvalue weighted by Gasteiger charge is 2.28. The van der Waals surface area contributed by atoms with Crippen LogP contribution >= 0.6 is 0 Å². The number of benzene rings is 1. The normalized spacial score (nSPS) is 16.1. The Balaban J connectivity index is 1.42. The van der Waals surface area contributed by atoms with Crippen LogP contribution < -0.4 is 15.8 Å². The molecule has 1 aromatic carbocycles. The van der Waals surface area contributed by atoms with Gasteiger partial charge in [0.2, 0.25) is 0 Å². The summed E-state index contributed by atoms with van der Waals surface area (Å²) in [6.45, 7) is 4.84. The zero-order valence-corrected chi connectivity index (χ0v) is 22.6. The number of carboxylic acids is 1. The molecule has 2 N–H and O–H groups in total. The molecule has 1 fully saturated rings. The van der Waals surface area contributed by atoms with Gasteiger partial charge in [0.1, 0.15) is 34.6 Å². The van der Waals surface area contributed by atoms with Gasteiger partial charge >= 0.3 is 5.97 Å². The average Bonchev–Trinajstić information content (AvgIpc) is 3.41. The average molecular weight is 567 g/mol. The van der Waals surface area contributed by atoms with E-state index in [9.17, 15) is 19.5 Å². The Morgan fingerprint density at radius 2 is 1.98 bits per heavy atom. The molecule has 5 rings (SSSR count). The molecule has 214 valence electrons. The van der Waals surface area contributed by atoms with Gasteiger partial charge in [0.15, 0.2) is 0 Å². The number of pyridine rings is 1. The Hall–Kier alpha value is -4.65. The number of nitrogens with zero attached hydrogens (tertiary/aromatic N) is 5. The minimum atomic E-state index is -1.53. The minimum Gasteiger partial charge on any atom is -0.480 e. The van der Waals surface area contributed by atoms with Crippen LogP contribution in [0, 0.1) is 18.6 Å². The molecule has 0 spiro atoms. The highest BCUT2D eigenvalue weighted by Crippen LogP contribution is 2.26. The number of nitrogens with one attached hydrogen (secondary N) is 1. The van der Waals surface area contributed by atoms with E-state index < -0.39 is 35.1 Å². The number of rotatable bonds is 7. The second-order valence-corrected chi connectivity index (χ2v) is 9.98. The predicted octanol–water partition coefficient (Wildman–Crippen LogP) is 2.33. The topological polar surface area (TPSA) is 131 Å². The molecule has 1 amide bonds. The van der Waals surface area contributed by atoms with Gasteiger partial charge in [-0.15, -0.1) is 0 Å². The van der Waals surface area contributed by atoms with Crippen molar-refractivity contribution >= 4 is 23.2 Å². The van der Waals surface area contributed by atoms with E-state index in [1.807, 2.05) is 6.92 Å². The summed E-state index contributed by atoms with van der Waals surface area (Å²) in [5, 5.41) is 12.1. The molecule has 3 aromatic heterocycles. The quantitative estimate of drug-likeness (QED) is 0.349. The summed E-state index contributed by atoms with van der Waals surface area (Å²) in [5.41, 5.74) is 1.10. The number of aryl methyl sites for hydroxylation is 2. The van der Waals surface area contributed by atoms with Crippen LogP contribution in [-0.4, -0.2) is 67.8 Å². The van der Waals surface area contributed by atoms with E-state index in [1.54, 1.807) is 47.8 Å². The Labute approximate surface area is 233 Å². The van der Waals surface area contributed by atoms with Crippen molar-refractivity contribution in [2.24, 2.45) is 7.05 Å². The number of fused-ring (bicyclic) bond motifs is 1. The molecule has 1 saturated heterocycles. The number of imidazole rings is 1. The van der Waals surface area contributed by atoms with Gasteiger partial charge in [-0.25, -0.2) is 23.5 Å². The van der Waals surface area contributed by atoms with Crippen LogP contribution in [0.3, 0.4) is 0 Å². The van der Waals surface area contributed by atoms with Gasteiger partial charge in [0.25, 0.3) is 11.5 Å². The molecule has 4 heterocycles. The Morgan fingerprint density at radius 1 is 1.24 bits per heavy atom. The van der Waals surface area contributed by atoms with Crippen molar-refractivity contribution in [3.63, 3.8) is 0 Å². The summed E-state index contributed by atoms with van der Waals surface area (Å²) in [6.07, 6.45) is 4.43. The molecule has 0 radical (unpaired) electrons. The third-order valence-corrected chi connectivity index (χ3v) is 7.05. The summed E-state index contributed by atoms with van der Waals surface area (Å²) in [6, 6.07) is 3.68. The number of aromatic nitrogens is 4. The number of carbonyl (C=O) groups excluding carboxylic acids is 1. The smallest absolute Gasteiger partial charge is 0.326 e. The highest BCUT2D eigenvalue weighted by atomic mass is 19.1.